The standard InChI is InChI=1S/C22H26F2N4O4/c1-4-27-9-5-6-13(2)26(3)28-12-16(19(29)20(30)18(28)22(27)32)21(31)25-11-14-7-8-15(23)10-17(14)24/h7-8,10,12-13,30H,4-6,9,11H2,1-3H3,(H,25,31)/t13-/m1/s1. The highest BCUT2D eigenvalue weighted by molar-refractivity contribution is 5.98. The topological polar surface area (TPSA) is 94.9 Å². The maximum absolute atomic E-state index is 13.9. The van der Waals surface area contributed by atoms with Gasteiger partial charge in [-0.05, 0) is 32.8 Å². The molecule has 1 aromatic heterocycles. The van der Waals surface area contributed by atoms with Crippen LogP contribution in [0.5, 0.6) is 5.75 Å². The number of nitrogens with zero attached hydrogens (tertiary/aromatic N) is 3. The summed E-state index contributed by atoms with van der Waals surface area (Å²) >= 11 is 0. The highest BCUT2D eigenvalue weighted by Gasteiger charge is 2.30. The summed E-state index contributed by atoms with van der Waals surface area (Å²) < 4.78 is 28.3. The van der Waals surface area contributed by atoms with E-state index < -0.39 is 40.2 Å². The van der Waals surface area contributed by atoms with Gasteiger partial charge in [-0.25, -0.2) is 8.78 Å². The van der Waals surface area contributed by atoms with Crippen molar-refractivity contribution in [2.45, 2.75) is 39.3 Å². The highest BCUT2D eigenvalue weighted by atomic mass is 19.1. The van der Waals surface area contributed by atoms with Crippen molar-refractivity contribution in [1.29, 1.82) is 0 Å². The van der Waals surface area contributed by atoms with Gasteiger partial charge in [0, 0.05) is 50.6 Å². The summed E-state index contributed by atoms with van der Waals surface area (Å²) in [5, 5.41) is 14.7. The first kappa shape index (κ1) is 23.2. The average Bonchev–Trinajstić information content (AvgIpc) is 2.79. The van der Waals surface area contributed by atoms with Crippen molar-refractivity contribution in [3.8, 4) is 5.75 Å². The van der Waals surface area contributed by atoms with Crippen LogP contribution in [0.1, 0.15) is 53.1 Å². The fraction of sp³-hybridized carbons (Fsp3) is 0.409. The van der Waals surface area contributed by atoms with E-state index in [4.69, 9.17) is 0 Å². The molecule has 0 unspecified atom stereocenters. The molecule has 0 radical (unpaired) electrons. The fourth-order valence-corrected chi connectivity index (χ4v) is 3.66. The smallest absolute Gasteiger partial charge is 0.276 e. The molecule has 0 fully saturated rings. The van der Waals surface area contributed by atoms with E-state index in [0.717, 1.165) is 18.9 Å². The minimum atomic E-state index is -1.00. The van der Waals surface area contributed by atoms with Gasteiger partial charge in [0.1, 0.15) is 17.2 Å². The summed E-state index contributed by atoms with van der Waals surface area (Å²) in [6.45, 7) is 4.32. The van der Waals surface area contributed by atoms with E-state index in [0.29, 0.717) is 19.2 Å². The molecule has 1 atom stereocenters. The first-order valence-electron chi connectivity index (χ1n) is 10.4. The number of pyridine rings is 1. The van der Waals surface area contributed by atoms with E-state index in [1.165, 1.54) is 21.8 Å². The first-order valence-corrected chi connectivity index (χ1v) is 10.4. The van der Waals surface area contributed by atoms with Gasteiger partial charge in [0.15, 0.2) is 11.4 Å². The number of hydrogen-bond acceptors (Lipinski definition) is 5. The van der Waals surface area contributed by atoms with Gasteiger partial charge in [-0.1, -0.05) is 6.07 Å². The molecule has 172 valence electrons. The largest absolute Gasteiger partial charge is 0.502 e. The summed E-state index contributed by atoms with van der Waals surface area (Å²) in [4.78, 5) is 40.1. The van der Waals surface area contributed by atoms with E-state index in [9.17, 15) is 28.3 Å². The molecule has 1 aromatic carbocycles. The molecule has 2 N–H and O–H groups in total. The van der Waals surface area contributed by atoms with Crippen LogP contribution >= 0.6 is 0 Å². The number of carbonyl (C=O) groups excluding carboxylic acids is 2. The van der Waals surface area contributed by atoms with Crippen LogP contribution in [0.2, 0.25) is 0 Å². The molecule has 3 rings (SSSR count). The van der Waals surface area contributed by atoms with E-state index in [1.807, 2.05) is 6.92 Å². The monoisotopic (exact) mass is 448 g/mol. The minimum absolute atomic E-state index is 0.0336. The van der Waals surface area contributed by atoms with Crippen LogP contribution < -0.4 is 15.8 Å². The quantitative estimate of drug-likeness (QED) is 0.746. The number of benzene rings is 1. The number of hydrogen-bond donors (Lipinski definition) is 2. The maximum Gasteiger partial charge on any atom is 0.276 e. The predicted molar refractivity (Wildman–Crippen MR) is 114 cm³/mol. The lowest BCUT2D eigenvalue weighted by Gasteiger charge is -2.31. The molecule has 2 heterocycles. The Bertz CT molecular complexity index is 1100. The van der Waals surface area contributed by atoms with Gasteiger partial charge >= 0.3 is 0 Å². The molecule has 2 aromatic rings. The number of fused-ring (bicyclic) bond motifs is 1. The number of amides is 2. The summed E-state index contributed by atoms with van der Waals surface area (Å²) in [6.07, 6.45) is 2.69. The number of aromatic hydroxyl groups is 1. The second-order valence-corrected chi connectivity index (χ2v) is 7.78. The Balaban J connectivity index is 2.01. The molecule has 10 heteroatoms. The Hall–Kier alpha value is -3.43. The normalized spacial score (nSPS) is 16.8. The molecule has 1 aliphatic rings. The molecule has 0 spiro atoms. The van der Waals surface area contributed by atoms with Crippen molar-refractivity contribution in [2.24, 2.45) is 0 Å². The van der Waals surface area contributed by atoms with Gasteiger partial charge in [0.25, 0.3) is 11.8 Å². The van der Waals surface area contributed by atoms with Gasteiger partial charge in [-0.2, -0.15) is 0 Å². The third-order valence-corrected chi connectivity index (χ3v) is 5.76. The van der Waals surface area contributed by atoms with Gasteiger partial charge in [-0.3, -0.25) is 19.1 Å². The SMILES string of the molecule is CCN1CCC[C@@H](C)N(C)n2cc(C(=O)NCc3ccc(F)cc3F)c(=O)c(O)c2C1=O. The molecular weight excluding hydrogens is 422 g/mol. The fourth-order valence-electron chi connectivity index (χ4n) is 3.66. The molecule has 2 amide bonds. The molecule has 1 aliphatic heterocycles. The second kappa shape index (κ2) is 9.37. The van der Waals surface area contributed by atoms with Crippen LogP contribution in [0.3, 0.4) is 0 Å². The second-order valence-electron chi connectivity index (χ2n) is 7.78. The number of carbonyl (C=O) groups is 2. The van der Waals surface area contributed by atoms with Crippen LogP contribution in [0.15, 0.2) is 29.2 Å². The summed E-state index contributed by atoms with van der Waals surface area (Å²) in [5.74, 6) is -3.78. The van der Waals surface area contributed by atoms with E-state index in [2.05, 4.69) is 5.32 Å². The van der Waals surface area contributed by atoms with E-state index >= 15 is 0 Å². The number of rotatable bonds is 4. The molecule has 0 aliphatic carbocycles. The molecule has 0 saturated heterocycles. The summed E-state index contributed by atoms with van der Waals surface area (Å²) in [6, 6.07) is 2.88. The van der Waals surface area contributed by atoms with Crippen LogP contribution in [0, 0.1) is 11.6 Å². The lowest BCUT2D eigenvalue weighted by atomic mass is 10.1. The van der Waals surface area contributed by atoms with Crippen LogP contribution in [0.4, 0.5) is 8.78 Å². The summed E-state index contributed by atoms with van der Waals surface area (Å²) in [5.41, 5.74) is -1.58. The van der Waals surface area contributed by atoms with Gasteiger partial charge < -0.3 is 20.3 Å². The lowest BCUT2D eigenvalue weighted by Crippen LogP contribution is -2.43. The Morgan fingerprint density at radius 1 is 1.28 bits per heavy atom. The minimum Gasteiger partial charge on any atom is -0.502 e. The van der Waals surface area contributed by atoms with Gasteiger partial charge in [0.05, 0.1) is 0 Å². The van der Waals surface area contributed by atoms with Crippen LogP contribution in [-0.2, 0) is 6.54 Å². The average molecular weight is 448 g/mol. The Morgan fingerprint density at radius 3 is 2.66 bits per heavy atom. The first-order chi connectivity index (χ1) is 15.1. The number of halogens is 2. The third-order valence-electron chi connectivity index (χ3n) is 5.76. The Morgan fingerprint density at radius 2 is 2.00 bits per heavy atom. The number of nitrogens with one attached hydrogen (secondary N) is 1. The Kier molecular flexibility index (Phi) is 6.81. The predicted octanol–water partition coefficient (Wildman–Crippen LogP) is 1.97. The zero-order chi connectivity index (χ0) is 23.6. The van der Waals surface area contributed by atoms with Crippen molar-refractivity contribution < 1.29 is 23.5 Å². The molecule has 0 bridgehead atoms. The lowest BCUT2D eigenvalue weighted by molar-refractivity contribution is 0.0748. The molecule has 0 saturated carbocycles. The van der Waals surface area contributed by atoms with Crippen LogP contribution in [0.25, 0.3) is 0 Å². The zero-order valence-electron chi connectivity index (χ0n) is 18.2. The zero-order valence-corrected chi connectivity index (χ0v) is 18.2. The van der Waals surface area contributed by atoms with Crippen molar-refractivity contribution in [1.82, 2.24) is 14.9 Å². The van der Waals surface area contributed by atoms with Crippen molar-refractivity contribution >= 4 is 11.8 Å². The van der Waals surface area contributed by atoms with Crippen molar-refractivity contribution in [3.63, 3.8) is 0 Å². The van der Waals surface area contributed by atoms with E-state index in [1.54, 1.807) is 19.0 Å². The summed E-state index contributed by atoms with van der Waals surface area (Å²) in [7, 11) is 1.70. The van der Waals surface area contributed by atoms with Crippen molar-refractivity contribution in [2.75, 3.05) is 25.1 Å². The van der Waals surface area contributed by atoms with Crippen molar-refractivity contribution in [3.05, 3.63) is 63.1 Å². The molecular formula is C22H26F2N4O4. The van der Waals surface area contributed by atoms with Crippen LogP contribution in [-0.4, -0.2) is 52.7 Å². The number of aromatic nitrogens is 1. The maximum atomic E-state index is 13.9. The van der Waals surface area contributed by atoms with E-state index in [-0.39, 0.29) is 23.8 Å². The highest BCUT2D eigenvalue weighted by Crippen LogP contribution is 2.21. The molecule has 8 nitrogen and oxygen atoms in total. The molecule has 32 heavy (non-hydrogen) atoms. The van der Waals surface area contributed by atoms with Gasteiger partial charge in [-0.15, -0.1) is 0 Å². The van der Waals surface area contributed by atoms with Gasteiger partial charge in [0.2, 0.25) is 5.43 Å². The Labute approximate surface area is 184 Å². The third kappa shape index (κ3) is 4.44.